The van der Waals surface area contributed by atoms with Crippen LogP contribution in [0.25, 0.3) is 12.2 Å². The Hall–Kier alpha value is -3.40. The zero-order valence-electron chi connectivity index (χ0n) is 15.3. The van der Waals surface area contributed by atoms with E-state index >= 15 is 0 Å². The standard InChI is InChI=1S/C23H22O4/c1-26-20-12-13-22(25)18(15-20)9-8-17-4-3-5-23(27-2)21(17)14-16-6-10-19(24)11-7-16/h3-13,15,24-25H,14H2,1-2H3/b9-8+. The molecule has 0 aliphatic carbocycles. The fourth-order valence-electron chi connectivity index (χ4n) is 2.91. The number of methoxy groups -OCH3 is 2. The maximum Gasteiger partial charge on any atom is 0.123 e. The maximum atomic E-state index is 10.1. The molecule has 0 atom stereocenters. The van der Waals surface area contributed by atoms with E-state index in [-0.39, 0.29) is 11.5 Å². The lowest BCUT2D eigenvalue weighted by Crippen LogP contribution is -1.97. The summed E-state index contributed by atoms with van der Waals surface area (Å²) in [6.45, 7) is 0. The molecule has 0 amide bonds. The number of hydrogen-bond acceptors (Lipinski definition) is 4. The van der Waals surface area contributed by atoms with Gasteiger partial charge in [-0.3, -0.25) is 0 Å². The molecule has 0 radical (unpaired) electrons. The average Bonchev–Trinajstić information content (AvgIpc) is 2.69. The van der Waals surface area contributed by atoms with E-state index in [4.69, 9.17) is 9.47 Å². The number of phenolic OH excluding ortho intramolecular Hbond substituents is 2. The highest BCUT2D eigenvalue weighted by Crippen LogP contribution is 2.29. The van der Waals surface area contributed by atoms with E-state index in [1.165, 1.54) is 0 Å². The Morgan fingerprint density at radius 3 is 2.26 bits per heavy atom. The fraction of sp³-hybridized carbons (Fsp3) is 0.130. The van der Waals surface area contributed by atoms with Gasteiger partial charge >= 0.3 is 0 Å². The van der Waals surface area contributed by atoms with Crippen molar-refractivity contribution in [1.82, 2.24) is 0 Å². The molecule has 0 heterocycles. The third-order valence-electron chi connectivity index (χ3n) is 4.38. The minimum atomic E-state index is 0.190. The predicted octanol–water partition coefficient (Wildman–Crippen LogP) is 4.88. The summed E-state index contributed by atoms with van der Waals surface area (Å²) in [7, 11) is 3.24. The molecule has 0 aliphatic heterocycles. The van der Waals surface area contributed by atoms with E-state index in [2.05, 4.69) is 0 Å². The van der Waals surface area contributed by atoms with E-state index in [0.717, 1.165) is 22.4 Å². The summed E-state index contributed by atoms with van der Waals surface area (Å²) in [4.78, 5) is 0. The van der Waals surface area contributed by atoms with Crippen LogP contribution in [0, 0.1) is 0 Å². The van der Waals surface area contributed by atoms with Crippen molar-refractivity contribution < 1.29 is 19.7 Å². The lowest BCUT2D eigenvalue weighted by Gasteiger charge is -2.12. The van der Waals surface area contributed by atoms with Gasteiger partial charge < -0.3 is 19.7 Å². The van der Waals surface area contributed by atoms with Gasteiger partial charge in [-0.2, -0.15) is 0 Å². The van der Waals surface area contributed by atoms with Crippen molar-refractivity contribution >= 4 is 12.2 Å². The first-order chi connectivity index (χ1) is 13.1. The molecule has 0 saturated heterocycles. The van der Waals surface area contributed by atoms with Crippen LogP contribution < -0.4 is 9.47 Å². The molecule has 0 aliphatic rings. The normalized spacial score (nSPS) is 10.9. The minimum Gasteiger partial charge on any atom is -0.508 e. The summed E-state index contributed by atoms with van der Waals surface area (Å²) >= 11 is 0. The van der Waals surface area contributed by atoms with Crippen molar-refractivity contribution in [3.05, 3.63) is 82.9 Å². The Balaban J connectivity index is 1.96. The van der Waals surface area contributed by atoms with Gasteiger partial charge in [-0.15, -0.1) is 0 Å². The van der Waals surface area contributed by atoms with E-state index in [1.54, 1.807) is 44.6 Å². The van der Waals surface area contributed by atoms with Crippen LogP contribution in [0.2, 0.25) is 0 Å². The molecule has 3 aromatic rings. The van der Waals surface area contributed by atoms with Gasteiger partial charge in [-0.25, -0.2) is 0 Å². The van der Waals surface area contributed by atoms with Crippen LogP contribution in [0.5, 0.6) is 23.0 Å². The largest absolute Gasteiger partial charge is 0.508 e. The Morgan fingerprint density at radius 1 is 0.815 bits per heavy atom. The van der Waals surface area contributed by atoms with Crippen LogP contribution in [-0.2, 0) is 6.42 Å². The van der Waals surface area contributed by atoms with Gasteiger partial charge in [0.1, 0.15) is 23.0 Å². The molecule has 27 heavy (non-hydrogen) atoms. The summed E-state index contributed by atoms with van der Waals surface area (Å²) in [6, 6.07) is 18.1. The van der Waals surface area contributed by atoms with E-state index in [1.807, 2.05) is 42.5 Å². The average molecular weight is 362 g/mol. The first-order valence-corrected chi connectivity index (χ1v) is 8.59. The number of phenols is 2. The fourth-order valence-corrected chi connectivity index (χ4v) is 2.91. The summed E-state index contributed by atoms with van der Waals surface area (Å²) in [5.41, 5.74) is 3.76. The SMILES string of the molecule is COc1ccc(O)c(/C=C/c2cccc(OC)c2Cc2ccc(O)cc2)c1. The number of rotatable bonds is 6. The molecule has 0 spiro atoms. The van der Waals surface area contributed by atoms with Gasteiger partial charge in [0.05, 0.1) is 14.2 Å². The molecule has 4 nitrogen and oxygen atoms in total. The molecule has 0 saturated carbocycles. The highest BCUT2D eigenvalue weighted by atomic mass is 16.5. The van der Waals surface area contributed by atoms with Crippen molar-refractivity contribution in [2.24, 2.45) is 0 Å². The predicted molar refractivity (Wildman–Crippen MR) is 107 cm³/mol. The maximum absolute atomic E-state index is 10.1. The highest BCUT2D eigenvalue weighted by molar-refractivity contribution is 5.75. The van der Waals surface area contributed by atoms with Crippen molar-refractivity contribution in [2.75, 3.05) is 14.2 Å². The van der Waals surface area contributed by atoms with Gasteiger partial charge in [0, 0.05) is 17.5 Å². The number of hydrogen-bond donors (Lipinski definition) is 2. The van der Waals surface area contributed by atoms with Crippen molar-refractivity contribution in [1.29, 1.82) is 0 Å². The van der Waals surface area contributed by atoms with Crippen LogP contribution in [0.15, 0.2) is 60.7 Å². The quantitative estimate of drug-likeness (QED) is 0.614. The first kappa shape index (κ1) is 18.4. The molecule has 0 fully saturated rings. The van der Waals surface area contributed by atoms with Crippen molar-refractivity contribution in [3.8, 4) is 23.0 Å². The molecule has 3 rings (SSSR count). The summed E-state index contributed by atoms with van der Waals surface area (Å²) in [6.07, 6.45) is 4.47. The van der Waals surface area contributed by atoms with Gasteiger partial charge in [0.15, 0.2) is 0 Å². The molecule has 3 aromatic carbocycles. The molecule has 0 bridgehead atoms. The van der Waals surface area contributed by atoms with Crippen molar-refractivity contribution in [2.45, 2.75) is 6.42 Å². The third-order valence-corrected chi connectivity index (χ3v) is 4.38. The van der Waals surface area contributed by atoms with Crippen LogP contribution in [0.4, 0.5) is 0 Å². The van der Waals surface area contributed by atoms with Gasteiger partial charge in [-0.05, 0) is 47.5 Å². The van der Waals surface area contributed by atoms with E-state index in [9.17, 15) is 10.2 Å². The van der Waals surface area contributed by atoms with Crippen LogP contribution in [0.1, 0.15) is 22.3 Å². The van der Waals surface area contributed by atoms with Gasteiger partial charge in [-0.1, -0.05) is 36.4 Å². The molecular formula is C23H22O4. The first-order valence-electron chi connectivity index (χ1n) is 8.59. The molecule has 0 aromatic heterocycles. The lowest BCUT2D eigenvalue weighted by molar-refractivity contribution is 0.410. The molecule has 4 heteroatoms. The molecule has 138 valence electrons. The Kier molecular flexibility index (Phi) is 5.67. The Morgan fingerprint density at radius 2 is 1.56 bits per heavy atom. The molecule has 2 N–H and O–H groups in total. The molecular weight excluding hydrogens is 340 g/mol. The smallest absolute Gasteiger partial charge is 0.123 e. The second kappa shape index (κ2) is 8.32. The van der Waals surface area contributed by atoms with Crippen LogP contribution in [-0.4, -0.2) is 24.4 Å². The number of benzene rings is 3. The summed E-state index contributed by atoms with van der Waals surface area (Å²) < 4.78 is 10.8. The van der Waals surface area contributed by atoms with Crippen LogP contribution in [0.3, 0.4) is 0 Å². The lowest BCUT2D eigenvalue weighted by atomic mass is 9.97. The molecule has 0 unspecified atom stereocenters. The van der Waals surface area contributed by atoms with E-state index in [0.29, 0.717) is 17.7 Å². The minimum absolute atomic E-state index is 0.190. The zero-order valence-corrected chi connectivity index (χ0v) is 15.3. The topological polar surface area (TPSA) is 58.9 Å². The van der Waals surface area contributed by atoms with Gasteiger partial charge in [0.2, 0.25) is 0 Å². The monoisotopic (exact) mass is 362 g/mol. The van der Waals surface area contributed by atoms with E-state index < -0.39 is 0 Å². The number of aromatic hydroxyl groups is 2. The van der Waals surface area contributed by atoms with Crippen LogP contribution >= 0.6 is 0 Å². The second-order valence-corrected chi connectivity index (χ2v) is 6.13. The third kappa shape index (κ3) is 4.42. The zero-order chi connectivity index (χ0) is 19.2. The van der Waals surface area contributed by atoms with Gasteiger partial charge in [0.25, 0.3) is 0 Å². The summed E-state index contributed by atoms with van der Waals surface area (Å²) in [5, 5.41) is 19.6. The summed E-state index contributed by atoms with van der Waals surface area (Å²) in [5.74, 6) is 1.91. The Labute approximate surface area is 158 Å². The highest BCUT2D eigenvalue weighted by Gasteiger charge is 2.09. The second-order valence-electron chi connectivity index (χ2n) is 6.13. The van der Waals surface area contributed by atoms with Crippen molar-refractivity contribution in [3.63, 3.8) is 0 Å². The number of ether oxygens (including phenoxy) is 2. The Bertz CT molecular complexity index is 943.